The summed E-state index contributed by atoms with van der Waals surface area (Å²) in [5, 5.41) is 1.30. The Morgan fingerprint density at radius 2 is 1.76 bits per heavy atom. The van der Waals surface area contributed by atoms with Gasteiger partial charge in [0.1, 0.15) is 17.8 Å². The lowest BCUT2D eigenvalue weighted by Gasteiger charge is -2.14. The fourth-order valence-electron chi connectivity index (χ4n) is 2.49. The van der Waals surface area contributed by atoms with E-state index in [9.17, 15) is 4.79 Å². The van der Waals surface area contributed by atoms with Crippen LogP contribution in [0.4, 0.5) is 11.5 Å². The molecule has 2 aromatic carbocycles. The van der Waals surface area contributed by atoms with Gasteiger partial charge >= 0.3 is 0 Å². The highest BCUT2D eigenvalue weighted by Crippen LogP contribution is 2.32. The van der Waals surface area contributed by atoms with Gasteiger partial charge in [0.15, 0.2) is 5.82 Å². The number of aromatic nitrogens is 2. The summed E-state index contributed by atoms with van der Waals surface area (Å²) in [5.74, 6) is 0.326. The number of nitrogens with zero attached hydrogens (tertiary/aromatic N) is 2. The van der Waals surface area contributed by atoms with Gasteiger partial charge in [-0.3, -0.25) is 15.6 Å². The van der Waals surface area contributed by atoms with E-state index in [-0.39, 0.29) is 28.0 Å². The van der Waals surface area contributed by atoms with Crippen LogP contribution in [0.3, 0.4) is 0 Å². The maximum absolute atomic E-state index is 12.3. The SMILES string of the molecule is Cc1cc(Oc2ncnc(NNC(=O)c3ccc(Cl)cc3Cl)c2N)cc(C)c1Cl. The number of hydrogen-bond donors (Lipinski definition) is 3. The molecule has 0 aliphatic heterocycles. The van der Waals surface area contributed by atoms with Gasteiger partial charge in [-0.05, 0) is 55.3 Å². The van der Waals surface area contributed by atoms with Crippen LogP contribution in [0, 0.1) is 13.8 Å². The van der Waals surface area contributed by atoms with Crippen LogP contribution in [-0.4, -0.2) is 15.9 Å². The van der Waals surface area contributed by atoms with Crippen LogP contribution in [-0.2, 0) is 0 Å². The molecule has 0 spiro atoms. The zero-order chi connectivity index (χ0) is 21.1. The van der Waals surface area contributed by atoms with Crippen molar-refractivity contribution < 1.29 is 9.53 Å². The standard InChI is InChI=1S/C19H16Cl3N5O2/c1-9-5-12(6-10(2)15(9)22)29-19-16(23)17(24-8-25-19)26-27-18(28)13-4-3-11(20)7-14(13)21/h3-8H,23H2,1-2H3,(H,27,28)(H,24,25,26). The lowest BCUT2D eigenvalue weighted by atomic mass is 10.1. The number of nitrogen functional groups attached to an aromatic ring is 1. The highest BCUT2D eigenvalue weighted by Gasteiger charge is 2.14. The second-order valence-electron chi connectivity index (χ2n) is 6.12. The molecule has 10 heteroatoms. The van der Waals surface area contributed by atoms with Crippen LogP contribution in [0.25, 0.3) is 0 Å². The average molecular weight is 453 g/mol. The minimum Gasteiger partial charge on any atom is -0.437 e. The Morgan fingerprint density at radius 1 is 1.07 bits per heavy atom. The summed E-state index contributed by atoms with van der Waals surface area (Å²) < 4.78 is 5.77. The highest BCUT2D eigenvalue weighted by molar-refractivity contribution is 6.36. The molecule has 0 fully saturated rings. The number of hydrogen-bond acceptors (Lipinski definition) is 6. The third kappa shape index (κ3) is 4.82. The Kier molecular flexibility index (Phi) is 6.32. The third-order valence-electron chi connectivity index (χ3n) is 3.94. The molecule has 0 saturated heterocycles. The molecule has 0 radical (unpaired) electrons. The van der Waals surface area contributed by atoms with Crippen LogP contribution in [0.2, 0.25) is 15.1 Å². The van der Waals surface area contributed by atoms with E-state index in [0.29, 0.717) is 15.8 Å². The molecule has 3 aromatic rings. The summed E-state index contributed by atoms with van der Waals surface area (Å²) in [6, 6.07) is 8.08. The van der Waals surface area contributed by atoms with Crippen molar-refractivity contribution in [3.05, 3.63) is 68.4 Å². The van der Waals surface area contributed by atoms with E-state index in [1.807, 2.05) is 13.8 Å². The van der Waals surface area contributed by atoms with Gasteiger partial charge < -0.3 is 10.5 Å². The number of ether oxygens (including phenoxy) is 1. The molecular weight excluding hydrogens is 437 g/mol. The maximum atomic E-state index is 12.3. The molecule has 3 rings (SSSR count). The van der Waals surface area contributed by atoms with E-state index in [1.54, 1.807) is 18.2 Å². The number of nitrogens with two attached hydrogens (primary N) is 1. The van der Waals surface area contributed by atoms with Gasteiger partial charge in [0.2, 0.25) is 5.88 Å². The van der Waals surface area contributed by atoms with Gasteiger partial charge in [-0.25, -0.2) is 4.98 Å². The molecular formula is C19H16Cl3N5O2. The number of halogens is 3. The van der Waals surface area contributed by atoms with Crippen molar-refractivity contribution >= 4 is 52.2 Å². The zero-order valence-electron chi connectivity index (χ0n) is 15.4. The molecule has 1 aromatic heterocycles. The fourth-order valence-corrected chi connectivity index (χ4v) is 3.10. The van der Waals surface area contributed by atoms with Crippen LogP contribution in [0.5, 0.6) is 11.6 Å². The van der Waals surface area contributed by atoms with Crippen LogP contribution >= 0.6 is 34.8 Å². The lowest BCUT2D eigenvalue weighted by Crippen LogP contribution is -2.30. The van der Waals surface area contributed by atoms with Crippen LogP contribution in [0.1, 0.15) is 21.5 Å². The summed E-state index contributed by atoms with van der Waals surface area (Å²) >= 11 is 18.1. The second kappa shape index (κ2) is 8.73. The van der Waals surface area contributed by atoms with Crippen LogP contribution < -0.4 is 21.3 Å². The topological polar surface area (TPSA) is 102 Å². The first-order valence-electron chi connectivity index (χ1n) is 8.32. The predicted octanol–water partition coefficient (Wildman–Crippen LogP) is 5.19. The van der Waals surface area contributed by atoms with Crippen molar-refractivity contribution in [2.24, 2.45) is 0 Å². The average Bonchev–Trinajstić information content (AvgIpc) is 2.66. The molecule has 1 amide bonds. The van der Waals surface area contributed by atoms with Crippen molar-refractivity contribution in [1.29, 1.82) is 0 Å². The van der Waals surface area contributed by atoms with E-state index in [4.69, 9.17) is 45.3 Å². The van der Waals surface area contributed by atoms with E-state index >= 15 is 0 Å². The largest absolute Gasteiger partial charge is 0.437 e. The van der Waals surface area contributed by atoms with Gasteiger partial charge in [-0.15, -0.1) is 0 Å². The second-order valence-corrected chi connectivity index (χ2v) is 7.34. The molecule has 0 aliphatic carbocycles. The van der Waals surface area contributed by atoms with E-state index in [0.717, 1.165) is 11.1 Å². The van der Waals surface area contributed by atoms with Crippen molar-refractivity contribution in [3.63, 3.8) is 0 Å². The number of hydrazine groups is 1. The lowest BCUT2D eigenvalue weighted by molar-refractivity contribution is 0.0962. The number of anilines is 2. The number of carbonyl (C=O) groups excluding carboxylic acids is 1. The van der Waals surface area contributed by atoms with Gasteiger partial charge in [-0.1, -0.05) is 34.8 Å². The highest BCUT2D eigenvalue weighted by atomic mass is 35.5. The molecule has 150 valence electrons. The molecule has 0 aliphatic rings. The Balaban J connectivity index is 1.76. The normalized spacial score (nSPS) is 10.5. The minimum absolute atomic E-state index is 0.111. The summed E-state index contributed by atoms with van der Waals surface area (Å²) in [6.45, 7) is 3.74. The molecule has 0 bridgehead atoms. The van der Waals surface area contributed by atoms with E-state index < -0.39 is 5.91 Å². The zero-order valence-corrected chi connectivity index (χ0v) is 17.7. The van der Waals surface area contributed by atoms with E-state index in [1.165, 1.54) is 18.5 Å². The summed E-state index contributed by atoms with van der Waals surface area (Å²) in [5.41, 5.74) is 13.3. The van der Waals surface area contributed by atoms with Crippen LogP contribution in [0.15, 0.2) is 36.7 Å². The van der Waals surface area contributed by atoms with Gasteiger partial charge in [0, 0.05) is 10.0 Å². The number of amides is 1. The predicted molar refractivity (Wildman–Crippen MR) is 115 cm³/mol. The van der Waals surface area contributed by atoms with Gasteiger partial charge in [-0.2, -0.15) is 4.98 Å². The summed E-state index contributed by atoms with van der Waals surface area (Å²) in [7, 11) is 0. The van der Waals surface area contributed by atoms with Gasteiger partial charge in [0.05, 0.1) is 10.6 Å². The smallest absolute Gasteiger partial charge is 0.271 e. The Labute approximate surface area is 182 Å². The molecule has 7 nitrogen and oxygen atoms in total. The number of nitrogens with one attached hydrogen (secondary N) is 2. The first kappa shape index (κ1) is 21.0. The Bertz CT molecular complexity index is 1070. The van der Waals surface area contributed by atoms with E-state index in [2.05, 4.69) is 20.8 Å². The third-order valence-corrected chi connectivity index (χ3v) is 5.09. The molecule has 0 saturated carbocycles. The summed E-state index contributed by atoms with van der Waals surface area (Å²) in [4.78, 5) is 20.4. The fraction of sp³-hybridized carbons (Fsp3) is 0.105. The molecule has 0 unspecified atom stereocenters. The molecule has 1 heterocycles. The van der Waals surface area contributed by atoms with Crippen molar-refractivity contribution in [3.8, 4) is 11.6 Å². The first-order chi connectivity index (χ1) is 13.8. The Hall–Kier alpha value is -2.74. The number of carbonyl (C=O) groups is 1. The quantitative estimate of drug-likeness (QED) is 0.461. The van der Waals surface area contributed by atoms with Crippen molar-refractivity contribution in [2.45, 2.75) is 13.8 Å². The first-order valence-corrected chi connectivity index (χ1v) is 9.46. The molecule has 29 heavy (non-hydrogen) atoms. The minimum atomic E-state index is -0.490. The maximum Gasteiger partial charge on any atom is 0.271 e. The van der Waals surface area contributed by atoms with Crippen molar-refractivity contribution in [2.75, 3.05) is 11.2 Å². The Morgan fingerprint density at radius 3 is 2.41 bits per heavy atom. The number of aryl methyl sites for hydroxylation is 2. The van der Waals surface area contributed by atoms with Crippen molar-refractivity contribution in [1.82, 2.24) is 15.4 Å². The molecule has 4 N–H and O–H groups in total. The molecule has 0 atom stereocenters. The van der Waals surface area contributed by atoms with Gasteiger partial charge in [0.25, 0.3) is 5.91 Å². The number of rotatable bonds is 5. The summed E-state index contributed by atoms with van der Waals surface area (Å²) in [6.07, 6.45) is 1.26. The number of benzene rings is 2. The monoisotopic (exact) mass is 451 g/mol.